The molecular formula is C11H18Br2O2. The first-order chi connectivity index (χ1) is 7.13. The highest BCUT2D eigenvalue weighted by molar-refractivity contribution is 9.09. The van der Waals surface area contributed by atoms with E-state index in [1.807, 2.05) is 0 Å². The Morgan fingerprint density at radius 2 is 1.67 bits per heavy atom. The average molecular weight is 342 g/mol. The van der Waals surface area contributed by atoms with Gasteiger partial charge >= 0.3 is 5.97 Å². The highest BCUT2D eigenvalue weighted by atomic mass is 79.9. The number of carbonyl (C=O) groups is 1. The lowest BCUT2D eigenvalue weighted by molar-refractivity contribution is -0.143. The highest BCUT2D eigenvalue weighted by Gasteiger charge is 2.36. The third kappa shape index (κ3) is 3.74. The number of alkyl halides is 2. The second-order valence-corrected chi connectivity index (χ2v) is 6.08. The van der Waals surface area contributed by atoms with Crippen molar-refractivity contribution >= 4 is 37.8 Å². The van der Waals surface area contributed by atoms with E-state index in [0.29, 0.717) is 5.41 Å². The van der Waals surface area contributed by atoms with E-state index in [1.165, 1.54) is 12.8 Å². The summed E-state index contributed by atoms with van der Waals surface area (Å²) in [6.45, 7) is 0. The van der Waals surface area contributed by atoms with Crippen LogP contribution in [0.3, 0.4) is 0 Å². The van der Waals surface area contributed by atoms with E-state index in [1.54, 1.807) is 0 Å². The Hall–Kier alpha value is 0.430. The molecule has 1 rings (SSSR count). The third-order valence-corrected chi connectivity index (χ3v) is 4.44. The fourth-order valence-corrected chi connectivity index (χ4v) is 4.19. The van der Waals surface area contributed by atoms with Gasteiger partial charge in [0.05, 0.1) is 5.92 Å². The summed E-state index contributed by atoms with van der Waals surface area (Å²) in [4.78, 5) is 10.9. The Balaban J connectivity index is 2.52. The standard InChI is InChI=1S/C11H18Br2O2/c12-7-5-11(6-8-13)3-1-9(2-4-11)10(14)15/h9H,1-8H2,(H,14,15). The summed E-state index contributed by atoms with van der Waals surface area (Å²) in [5, 5.41) is 11.0. The Morgan fingerprint density at radius 3 is 2.00 bits per heavy atom. The van der Waals surface area contributed by atoms with E-state index in [-0.39, 0.29) is 5.92 Å². The second kappa shape index (κ2) is 6.24. The molecule has 15 heavy (non-hydrogen) atoms. The van der Waals surface area contributed by atoms with E-state index in [9.17, 15) is 4.79 Å². The Morgan fingerprint density at radius 1 is 1.20 bits per heavy atom. The van der Waals surface area contributed by atoms with Gasteiger partial charge in [-0.15, -0.1) is 0 Å². The summed E-state index contributed by atoms with van der Waals surface area (Å²) in [6, 6.07) is 0. The predicted molar refractivity (Wildman–Crippen MR) is 68.8 cm³/mol. The van der Waals surface area contributed by atoms with Gasteiger partial charge in [-0.05, 0) is 43.9 Å². The first-order valence-corrected chi connectivity index (χ1v) is 7.72. The van der Waals surface area contributed by atoms with Crippen LogP contribution in [0.1, 0.15) is 38.5 Å². The summed E-state index contributed by atoms with van der Waals surface area (Å²) in [5.41, 5.74) is 0.388. The molecule has 1 saturated carbocycles. The molecule has 0 aromatic rings. The fourth-order valence-electron chi connectivity index (χ4n) is 2.50. The van der Waals surface area contributed by atoms with Crippen molar-refractivity contribution in [3.63, 3.8) is 0 Å². The zero-order valence-corrected chi connectivity index (χ0v) is 12.0. The van der Waals surface area contributed by atoms with E-state index >= 15 is 0 Å². The van der Waals surface area contributed by atoms with Crippen molar-refractivity contribution in [2.45, 2.75) is 38.5 Å². The van der Waals surface area contributed by atoms with Gasteiger partial charge in [0.25, 0.3) is 0 Å². The molecule has 0 heterocycles. The summed E-state index contributed by atoms with van der Waals surface area (Å²) in [5.74, 6) is -0.704. The molecule has 0 atom stereocenters. The van der Waals surface area contributed by atoms with Crippen LogP contribution in [-0.4, -0.2) is 21.7 Å². The first kappa shape index (κ1) is 13.5. The van der Waals surface area contributed by atoms with E-state index in [0.717, 1.165) is 36.3 Å². The van der Waals surface area contributed by atoms with Crippen molar-refractivity contribution in [2.75, 3.05) is 10.7 Å². The molecule has 4 heteroatoms. The summed E-state index contributed by atoms with van der Waals surface area (Å²) < 4.78 is 0. The molecule has 0 aromatic heterocycles. The number of hydrogen-bond acceptors (Lipinski definition) is 1. The molecule has 0 spiro atoms. The van der Waals surface area contributed by atoms with Gasteiger partial charge in [-0.1, -0.05) is 31.9 Å². The van der Waals surface area contributed by atoms with Crippen LogP contribution in [0, 0.1) is 11.3 Å². The molecule has 0 unspecified atom stereocenters. The minimum atomic E-state index is -0.610. The zero-order valence-electron chi connectivity index (χ0n) is 8.85. The number of carboxylic acids is 1. The molecule has 0 aliphatic heterocycles. The highest BCUT2D eigenvalue weighted by Crippen LogP contribution is 2.44. The maximum atomic E-state index is 10.9. The van der Waals surface area contributed by atoms with Crippen LogP contribution in [0.25, 0.3) is 0 Å². The molecule has 0 saturated heterocycles. The van der Waals surface area contributed by atoms with Crippen molar-refractivity contribution < 1.29 is 9.90 Å². The maximum Gasteiger partial charge on any atom is 0.306 e. The van der Waals surface area contributed by atoms with E-state index in [4.69, 9.17) is 5.11 Å². The van der Waals surface area contributed by atoms with E-state index < -0.39 is 5.97 Å². The molecule has 2 nitrogen and oxygen atoms in total. The minimum absolute atomic E-state index is 0.0937. The van der Waals surface area contributed by atoms with Crippen LogP contribution < -0.4 is 0 Å². The lowest BCUT2D eigenvalue weighted by Crippen LogP contribution is -2.31. The fraction of sp³-hybridized carbons (Fsp3) is 0.909. The number of aliphatic carboxylic acids is 1. The Bertz CT molecular complexity index is 203. The van der Waals surface area contributed by atoms with Crippen LogP contribution in [0.4, 0.5) is 0 Å². The SMILES string of the molecule is O=C(O)C1CCC(CCBr)(CCBr)CC1. The monoisotopic (exact) mass is 340 g/mol. The van der Waals surface area contributed by atoms with Gasteiger partial charge < -0.3 is 5.11 Å². The molecule has 88 valence electrons. The molecule has 0 amide bonds. The Kier molecular flexibility index (Phi) is 5.61. The smallest absolute Gasteiger partial charge is 0.306 e. The summed E-state index contributed by atoms with van der Waals surface area (Å²) >= 11 is 7.01. The lowest BCUT2D eigenvalue weighted by atomic mass is 9.67. The normalized spacial score (nSPS) is 21.5. The van der Waals surface area contributed by atoms with E-state index in [2.05, 4.69) is 31.9 Å². The van der Waals surface area contributed by atoms with Gasteiger partial charge in [0.2, 0.25) is 0 Å². The molecular weight excluding hydrogens is 324 g/mol. The second-order valence-electron chi connectivity index (χ2n) is 4.49. The quantitative estimate of drug-likeness (QED) is 0.772. The van der Waals surface area contributed by atoms with Crippen molar-refractivity contribution in [2.24, 2.45) is 11.3 Å². The van der Waals surface area contributed by atoms with Crippen molar-refractivity contribution in [3.8, 4) is 0 Å². The third-order valence-electron chi connectivity index (χ3n) is 3.65. The van der Waals surface area contributed by atoms with Crippen molar-refractivity contribution in [1.29, 1.82) is 0 Å². The van der Waals surface area contributed by atoms with Gasteiger partial charge in [-0.2, -0.15) is 0 Å². The number of halogens is 2. The lowest BCUT2D eigenvalue weighted by Gasteiger charge is -2.38. The van der Waals surface area contributed by atoms with Gasteiger partial charge in [0.15, 0.2) is 0 Å². The summed E-state index contributed by atoms with van der Waals surface area (Å²) in [7, 11) is 0. The number of carboxylic acid groups (broad SMARTS) is 1. The molecule has 1 fully saturated rings. The minimum Gasteiger partial charge on any atom is -0.481 e. The average Bonchev–Trinajstić information content (AvgIpc) is 2.19. The number of rotatable bonds is 5. The molecule has 0 aromatic carbocycles. The van der Waals surface area contributed by atoms with Gasteiger partial charge in [-0.3, -0.25) is 4.79 Å². The summed E-state index contributed by atoms with van der Waals surface area (Å²) in [6.07, 6.45) is 6.20. The van der Waals surface area contributed by atoms with Crippen LogP contribution in [0.5, 0.6) is 0 Å². The predicted octanol–water partition coefficient (Wildman–Crippen LogP) is 3.82. The Labute approximate surface area is 108 Å². The molecule has 0 radical (unpaired) electrons. The topological polar surface area (TPSA) is 37.3 Å². The van der Waals surface area contributed by atoms with Crippen LogP contribution in [-0.2, 0) is 4.79 Å². The molecule has 1 aliphatic carbocycles. The molecule has 1 aliphatic rings. The maximum absolute atomic E-state index is 10.9. The van der Waals surface area contributed by atoms with Crippen LogP contribution >= 0.6 is 31.9 Å². The van der Waals surface area contributed by atoms with Crippen molar-refractivity contribution in [3.05, 3.63) is 0 Å². The van der Waals surface area contributed by atoms with Crippen LogP contribution in [0.2, 0.25) is 0 Å². The molecule has 0 bridgehead atoms. The van der Waals surface area contributed by atoms with Crippen LogP contribution in [0.15, 0.2) is 0 Å². The number of hydrogen-bond donors (Lipinski definition) is 1. The van der Waals surface area contributed by atoms with Gasteiger partial charge in [0.1, 0.15) is 0 Å². The largest absolute Gasteiger partial charge is 0.481 e. The van der Waals surface area contributed by atoms with Gasteiger partial charge in [-0.25, -0.2) is 0 Å². The first-order valence-electron chi connectivity index (χ1n) is 5.48. The van der Waals surface area contributed by atoms with Gasteiger partial charge in [0, 0.05) is 10.7 Å². The molecule has 1 N–H and O–H groups in total. The zero-order chi connectivity index (χ0) is 11.3. The van der Waals surface area contributed by atoms with Crippen molar-refractivity contribution in [1.82, 2.24) is 0 Å².